The third-order valence-electron chi connectivity index (χ3n) is 4.82. The SMILES string of the molecule is CNCc1c(N(C)C2CCC(C)CC2)nc2ccccn12. The fraction of sp³-hybridized carbons (Fsp3) is 0.588. The number of hydrogen-bond donors (Lipinski definition) is 1. The summed E-state index contributed by atoms with van der Waals surface area (Å²) in [5, 5.41) is 3.28. The molecule has 1 aliphatic carbocycles. The standard InChI is InChI=1S/C17H26N4/c1-13-7-9-14(10-8-13)20(3)17-15(12-18-2)21-11-5-4-6-16(21)19-17/h4-6,11,13-14,18H,7-10,12H2,1-3H3. The van der Waals surface area contributed by atoms with E-state index in [9.17, 15) is 0 Å². The van der Waals surface area contributed by atoms with Crippen molar-refractivity contribution in [3.8, 4) is 0 Å². The molecule has 0 amide bonds. The van der Waals surface area contributed by atoms with E-state index in [4.69, 9.17) is 4.98 Å². The average Bonchev–Trinajstić information content (AvgIpc) is 2.87. The molecule has 1 fully saturated rings. The summed E-state index contributed by atoms with van der Waals surface area (Å²) < 4.78 is 2.20. The fourth-order valence-corrected chi connectivity index (χ4v) is 3.45. The van der Waals surface area contributed by atoms with Crippen LogP contribution < -0.4 is 10.2 Å². The predicted octanol–water partition coefficient (Wildman–Crippen LogP) is 3.07. The summed E-state index contributed by atoms with van der Waals surface area (Å²) in [6, 6.07) is 6.83. The molecule has 1 aliphatic rings. The molecule has 0 aliphatic heterocycles. The molecule has 21 heavy (non-hydrogen) atoms. The quantitative estimate of drug-likeness (QED) is 0.937. The van der Waals surface area contributed by atoms with Crippen LogP contribution in [0.4, 0.5) is 5.82 Å². The topological polar surface area (TPSA) is 32.6 Å². The van der Waals surface area contributed by atoms with Gasteiger partial charge in [-0.1, -0.05) is 13.0 Å². The van der Waals surface area contributed by atoms with E-state index < -0.39 is 0 Å². The first-order valence-electron chi connectivity index (χ1n) is 8.04. The minimum atomic E-state index is 0.627. The molecule has 0 spiro atoms. The highest BCUT2D eigenvalue weighted by molar-refractivity contribution is 5.56. The van der Waals surface area contributed by atoms with Crippen LogP contribution in [0.2, 0.25) is 0 Å². The lowest BCUT2D eigenvalue weighted by atomic mass is 9.87. The van der Waals surface area contributed by atoms with Gasteiger partial charge in [-0.15, -0.1) is 0 Å². The summed E-state index contributed by atoms with van der Waals surface area (Å²) in [6.45, 7) is 3.21. The zero-order chi connectivity index (χ0) is 14.8. The minimum Gasteiger partial charge on any atom is -0.355 e. The summed E-state index contributed by atoms with van der Waals surface area (Å²) in [5.41, 5.74) is 2.29. The van der Waals surface area contributed by atoms with E-state index in [-0.39, 0.29) is 0 Å². The lowest BCUT2D eigenvalue weighted by molar-refractivity contribution is 0.340. The number of aromatic nitrogens is 2. The van der Waals surface area contributed by atoms with Crippen LogP contribution in [0.25, 0.3) is 5.65 Å². The van der Waals surface area contributed by atoms with Gasteiger partial charge in [0.2, 0.25) is 0 Å². The van der Waals surface area contributed by atoms with Crippen LogP contribution in [-0.4, -0.2) is 29.5 Å². The molecule has 1 N–H and O–H groups in total. The second-order valence-electron chi connectivity index (χ2n) is 6.37. The molecule has 2 heterocycles. The Bertz CT molecular complexity index is 596. The highest BCUT2D eigenvalue weighted by Gasteiger charge is 2.25. The number of pyridine rings is 1. The first kappa shape index (κ1) is 14.4. The maximum absolute atomic E-state index is 4.87. The number of nitrogens with one attached hydrogen (secondary N) is 1. The molecule has 114 valence electrons. The van der Waals surface area contributed by atoms with Crippen LogP contribution in [0.5, 0.6) is 0 Å². The summed E-state index contributed by atoms with van der Waals surface area (Å²) >= 11 is 0. The van der Waals surface area contributed by atoms with Gasteiger partial charge in [-0.05, 0) is 50.8 Å². The second-order valence-corrected chi connectivity index (χ2v) is 6.37. The number of imidazole rings is 1. The van der Waals surface area contributed by atoms with E-state index in [1.807, 2.05) is 7.05 Å². The molecule has 4 heteroatoms. The van der Waals surface area contributed by atoms with Crippen molar-refractivity contribution in [2.75, 3.05) is 19.0 Å². The van der Waals surface area contributed by atoms with Gasteiger partial charge >= 0.3 is 0 Å². The van der Waals surface area contributed by atoms with Crippen LogP contribution in [0.15, 0.2) is 24.4 Å². The molecule has 1 saturated carbocycles. The second kappa shape index (κ2) is 6.06. The first-order valence-corrected chi connectivity index (χ1v) is 8.04. The van der Waals surface area contributed by atoms with E-state index in [1.165, 1.54) is 31.4 Å². The van der Waals surface area contributed by atoms with Crippen molar-refractivity contribution in [1.29, 1.82) is 0 Å². The van der Waals surface area contributed by atoms with Gasteiger partial charge in [0.1, 0.15) is 5.65 Å². The van der Waals surface area contributed by atoms with E-state index in [0.29, 0.717) is 6.04 Å². The Balaban J connectivity index is 1.93. The zero-order valence-electron chi connectivity index (χ0n) is 13.3. The molecule has 0 saturated heterocycles. The van der Waals surface area contributed by atoms with Gasteiger partial charge in [0, 0.05) is 25.8 Å². The Kier molecular flexibility index (Phi) is 4.15. The average molecular weight is 286 g/mol. The summed E-state index contributed by atoms with van der Waals surface area (Å²) in [4.78, 5) is 7.28. The van der Waals surface area contributed by atoms with Crippen LogP contribution in [0.3, 0.4) is 0 Å². The third-order valence-corrected chi connectivity index (χ3v) is 4.82. The molecule has 3 rings (SSSR count). The molecule has 0 unspecified atom stereocenters. The summed E-state index contributed by atoms with van der Waals surface area (Å²) in [5.74, 6) is 2.02. The normalized spacial score (nSPS) is 22.6. The van der Waals surface area contributed by atoms with Crippen molar-refractivity contribution >= 4 is 11.5 Å². The zero-order valence-corrected chi connectivity index (χ0v) is 13.3. The van der Waals surface area contributed by atoms with Crippen LogP contribution in [0, 0.1) is 5.92 Å². The van der Waals surface area contributed by atoms with Gasteiger partial charge in [-0.2, -0.15) is 0 Å². The Labute approximate surface area is 127 Å². The van der Waals surface area contributed by atoms with Gasteiger partial charge < -0.3 is 14.6 Å². The molecule has 2 aromatic rings. The van der Waals surface area contributed by atoms with Crippen molar-refractivity contribution in [2.24, 2.45) is 5.92 Å². The van der Waals surface area contributed by atoms with E-state index in [0.717, 1.165) is 23.9 Å². The lowest BCUT2D eigenvalue weighted by Crippen LogP contribution is -2.35. The Hall–Kier alpha value is -1.55. The van der Waals surface area contributed by atoms with Crippen molar-refractivity contribution in [1.82, 2.24) is 14.7 Å². The number of nitrogens with zero attached hydrogens (tertiary/aromatic N) is 3. The van der Waals surface area contributed by atoms with E-state index in [2.05, 4.69) is 53.0 Å². The summed E-state index contributed by atoms with van der Waals surface area (Å²) in [6.07, 6.45) is 7.35. The molecule has 0 atom stereocenters. The largest absolute Gasteiger partial charge is 0.355 e. The minimum absolute atomic E-state index is 0.627. The number of anilines is 1. The molecule has 4 nitrogen and oxygen atoms in total. The smallest absolute Gasteiger partial charge is 0.152 e. The molecule has 0 aromatic carbocycles. The molecule has 0 radical (unpaired) electrons. The molecular formula is C17H26N4. The third kappa shape index (κ3) is 2.77. The van der Waals surface area contributed by atoms with Crippen molar-refractivity contribution in [3.63, 3.8) is 0 Å². The number of hydrogen-bond acceptors (Lipinski definition) is 3. The first-order chi connectivity index (χ1) is 10.2. The van der Waals surface area contributed by atoms with Gasteiger partial charge in [-0.25, -0.2) is 4.98 Å². The van der Waals surface area contributed by atoms with Crippen LogP contribution >= 0.6 is 0 Å². The van der Waals surface area contributed by atoms with Crippen LogP contribution in [-0.2, 0) is 6.54 Å². The fourth-order valence-electron chi connectivity index (χ4n) is 3.45. The van der Waals surface area contributed by atoms with E-state index >= 15 is 0 Å². The lowest BCUT2D eigenvalue weighted by Gasteiger charge is -2.34. The molecular weight excluding hydrogens is 260 g/mol. The van der Waals surface area contributed by atoms with Crippen molar-refractivity contribution in [3.05, 3.63) is 30.1 Å². The van der Waals surface area contributed by atoms with Crippen molar-refractivity contribution < 1.29 is 0 Å². The van der Waals surface area contributed by atoms with Crippen molar-refractivity contribution in [2.45, 2.75) is 45.2 Å². The molecule has 2 aromatic heterocycles. The monoisotopic (exact) mass is 286 g/mol. The van der Waals surface area contributed by atoms with Gasteiger partial charge in [0.05, 0.1) is 5.69 Å². The predicted molar refractivity (Wildman–Crippen MR) is 87.8 cm³/mol. The Morgan fingerprint density at radius 3 is 2.76 bits per heavy atom. The van der Waals surface area contributed by atoms with Gasteiger partial charge in [0.15, 0.2) is 5.82 Å². The molecule has 0 bridgehead atoms. The summed E-state index contributed by atoms with van der Waals surface area (Å²) in [7, 11) is 4.20. The highest BCUT2D eigenvalue weighted by atomic mass is 15.2. The number of fused-ring (bicyclic) bond motifs is 1. The highest BCUT2D eigenvalue weighted by Crippen LogP contribution is 2.31. The maximum atomic E-state index is 4.87. The van der Waals surface area contributed by atoms with E-state index in [1.54, 1.807) is 0 Å². The Morgan fingerprint density at radius 1 is 1.29 bits per heavy atom. The Morgan fingerprint density at radius 2 is 2.05 bits per heavy atom. The van der Waals surface area contributed by atoms with Gasteiger partial charge in [0.25, 0.3) is 0 Å². The number of rotatable bonds is 4. The maximum Gasteiger partial charge on any atom is 0.152 e. The van der Waals surface area contributed by atoms with Gasteiger partial charge in [-0.3, -0.25) is 0 Å². The van der Waals surface area contributed by atoms with Crippen LogP contribution in [0.1, 0.15) is 38.3 Å².